The lowest BCUT2D eigenvalue weighted by atomic mass is 10.1. The first-order valence-corrected chi connectivity index (χ1v) is 9.13. The Kier molecular flexibility index (Phi) is 8.62. The fraction of sp³-hybridized carbons (Fsp3) is 0.938. The quantitative estimate of drug-likeness (QED) is 0.705. The van der Waals surface area contributed by atoms with E-state index in [2.05, 4.69) is 49.8 Å². The molecule has 1 heterocycles. The maximum atomic E-state index is 4.64. The molecule has 4 heteroatoms. The Morgan fingerprint density at radius 1 is 1.30 bits per heavy atom. The van der Waals surface area contributed by atoms with Gasteiger partial charge in [0.25, 0.3) is 0 Å². The second-order valence-electron chi connectivity index (χ2n) is 6.23. The highest BCUT2D eigenvalue weighted by Crippen LogP contribution is 2.25. The summed E-state index contributed by atoms with van der Waals surface area (Å²) in [7, 11) is 0. The van der Waals surface area contributed by atoms with Crippen LogP contribution in [0.1, 0.15) is 53.9 Å². The van der Waals surface area contributed by atoms with E-state index in [0.29, 0.717) is 11.3 Å². The first-order chi connectivity index (χ1) is 9.55. The summed E-state index contributed by atoms with van der Waals surface area (Å²) in [5.74, 6) is 0.772. The highest BCUT2D eigenvalue weighted by Gasteiger charge is 2.21. The van der Waals surface area contributed by atoms with Crippen LogP contribution >= 0.6 is 11.8 Å². The van der Waals surface area contributed by atoms with Crippen LogP contribution in [-0.2, 0) is 0 Å². The van der Waals surface area contributed by atoms with Gasteiger partial charge in [0.2, 0.25) is 0 Å². The highest BCUT2D eigenvalue weighted by atomic mass is 32.2. The normalized spacial score (nSPS) is 20.6. The molecule has 3 nitrogen and oxygen atoms in total. The lowest BCUT2D eigenvalue weighted by molar-refractivity contribution is 0.293. The van der Waals surface area contributed by atoms with Gasteiger partial charge in [-0.15, -0.1) is 0 Å². The van der Waals surface area contributed by atoms with E-state index in [0.717, 1.165) is 25.6 Å². The summed E-state index contributed by atoms with van der Waals surface area (Å²) in [4.78, 5) is 7.14. The lowest BCUT2D eigenvalue weighted by Crippen LogP contribution is -2.31. The Morgan fingerprint density at radius 3 is 2.60 bits per heavy atom. The van der Waals surface area contributed by atoms with Gasteiger partial charge in [0.15, 0.2) is 5.17 Å². The van der Waals surface area contributed by atoms with Gasteiger partial charge in [-0.2, -0.15) is 0 Å². The van der Waals surface area contributed by atoms with E-state index >= 15 is 0 Å². The van der Waals surface area contributed by atoms with Crippen LogP contribution in [-0.4, -0.2) is 47.5 Å². The smallest absolute Gasteiger partial charge is 0.157 e. The van der Waals surface area contributed by atoms with E-state index < -0.39 is 0 Å². The number of nitrogens with one attached hydrogen (secondary N) is 1. The molecule has 20 heavy (non-hydrogen) atoms. The van der Waals surface area contributed by atoms with Crippen molar-refractivity contribution in [1.29, 1.82) is 0 Å². The summed E-state index contributed by atoms with van der Waals surface area (Å²) >= 11 is 1.94. The second-order valence-corrected chi connectivity index (χ2v) is 7.52. The molecule has 0 aromatic rings. The van der Waals surface area contributed by atoms with Gasteiger partial charge >= 0.3 is 0 Å². The number of thioether (sulfide) groups is 1. The van der Waals surface area contributed by atoms with Crippen molar-refractivity contribution in [3.63, 3.8) is 0 Å². The van der Waals surface area contributed by atoms with Crippen molar-refractivity contribution >= 4 is 16.9 Å². The van der Waals surface area contributed by atoms with Crippen molar-refractivity contribution in [3.05, 3.63) is 0 Å². The Morgan fingerprint density at radius 2 is 2.00 bits per heavy atom. The van der Waals surface area contributed by atoms with E-state index in [-0.39, 0.29) is 0 Å². The van der Waals surface area contributed by atoms with Crippen molar-refractivity contribution in [2.75, 3.05) is 26.2 Å². The summed E-state index contributed by atoms with van der Waals surface area (Å²) in [5, 5.41) is 5.45. The topological polar surface area (TPSA) is 27.6 Å². The van der Waals surface area contributed by atoms with Gasteiger partial charge in [-0.05, 0) is 51.7 Å². The van der Waals surface area contributed by atoms with E-state index in [1.807, 2.05) is 11.8 Å². The maximum absolute atomic E-state index is 4.64. The van der Waals surface area contributed by atoms with E-state index in [1.54, 1.807) is 0 Å². The molecule has 1 aliphatic heterocycles. The van der Waals surface area contributed by atoms with Gasteiger partial charge in [0.1, 0.15) is 0 Å². The van der Waals surface area contributed by atoms with Crippen molar-refractivity contribution in [1.82, 2.24) is 10.2 Å². The Balaban J connectivity index is 2.15. The lowest BCUT2D eigenvalue weighted by Gasteiger charge is -2.20. The molecule has 1 rings (SSSR count). The van der Waals surface area contributed by atoms with E-state index in [4.69, 9.17) is 0 Å². The first kappa shape index (κ1) is 17.8. The molecule has 2 atom stereocenters. The van der Waals surface area contributed by atoms with Crippen molar-refractivity contribution in [2.45, 2.75) is 65.2 Å². The molecule has 0 radical (unpaired) electrons. The Hall–Kier alpha value is -0.220. The van der Waals surface area contributed by atoms with Crippen LogP contribution in [0.2, 0.25) is 0 Å². The van der Waals surface area contributed by atoms with Crippen molar-refractivity contribution in [2.24, 2.45) is 10.9 Å². The molecule has 0 aromatic carbocycles. The third-order valence-electron chi connectivity index (χ3n) is 3.83. The second kappa shape index (κ2) is 9.67. The standard InChI is InChI=1S/C16H33N3S/c1-6-19(7-2)10-8-9-14(5)18-16-17-12-15(20-16)11-13(3)4/h13-15H,6-12H2,1-5H3,(H,17,18). The molecule has 0 spiro atoms. The van der Waals surface area contributed by atoms with Gasteiger partial charge in [0.05, 0.1) is 6.54 Å². The SMILES string of the molecule is CCN(CC)CCCC(C)NC1=NCC(CC(C)C)S1. The predicted molar refractivity (Wildman–Crippen MR) is 92.8 cm³/mol. The summed E-state index contributed by atoms with van der Waals surface area (Å²) in [6, 6.07) is 0.537. The molecule has 0 amide bonds. The minimum atomic E-state index is 0.537. The summed E-state index contributed by atoms with van der Waals surface area (Å²) in [6.45, 7) is 15.9. The molecular formula is C16H33N3S. The van der Waals surface area contributed by atoms with E-state index in [9.17, 15) is 0 Å². The van der Waals surface area contributed by atoms with Crippen LogP contribution in [0.15, 0.2) is 4.99 Å². The molecule has 0 saturated heterocycles. The zero-order chi connectivity index (χ0) is 15.0. The third kappa shape index (κ3) is 6.98. The van der Waals surface area contributed by atoms with Crippen LogP contribution in [0.5, 0.6) is 0 Å². The fourth-order valence-electron chi connectivity index (χ4n) is 2.59. The molecule has 0 aromatic heterocycles. The van der Waals surface area contributed by atoms with Gasteiger partial charge in [-0.3, -0.25) is 4.99 Å². The fourth-order valence-corrected chi connectivity index (χ4v) is 3.95. The number of nitrogens with zero attached hydrogens (tertiary/aromatic N) is 2. The zero-order valence-corrected chi connectivity index (χ0v) is 14.8. The van der Waals surface area contributed by atoms with E-state index in [1.165, 1.54) is 31.0 Å². The molecule has 0 aliphatic carbocycles. The zero-order valence-electron chi connectivity index (χ0n) is 14.0. The van der Waals surface area contributed by atoms with Gasteiger partial charge in [-0.25, -0.2) is 0 Å². The third-order valence-corrected chi connectivity index (χ3v) is 4.97. The van der Waals surface area contributed by atoms with Gasteiger partial charge < -0.3 is 10.2 Å². The van der Waals surface area contributed by atoms with Gasteiger partial charge in [-0.1, -0.05) is 39.5 Å². The minimum Gasteiger partial charge on any atom is -0.362 e. The molecule has 1 aliphatic rings. The van der Waals surface area contributed by atoms with Crippen LogP contribution < -0.4 is 5.32 Å². The largest absolute Gasteiger partial charge is 0.362 e. The van der Waals surface area contributed by atoms with Crippen molar-refractivity contribution in [3.8, 4) is 0 Å². The van der Waals surface area contributed by atoms with Gasteiger partial charge in [0, 0.05) is 11.3 Å². The van der Waals surface area contributed by atoms with Crippen LogP contribution in [0, 0.1) is 5.92 Å². The molecule has 2 unspecified atom stereocenters. The number of rotatable bonds is 9. The van der Waals surface area contributed by atoms with Crippen LogP contribution in [0.3, 0.4) is 0 Å². The molecule has 0 bridgehead atoms. The number of hydrogen-bond donors (Lipinski definition) is 1. The Labute approximate surface area is 130 Å². The van der Waals surface area contributed by atoms with Crippen LogP contribution in [0.25, 0.3) is 0 Å². The summed E-state index contributed by atoms with van der Waals surface area (Å²) in [6.07, 6.45) is 3.77. The number of aliphatic imine (C=N–C) groups is 1. The highest BCUT2D eigenvalue weighted by molar-refractivity contribution is 8.14. The minimum absolute atomic E-state index is 0.537. The summed E-state index contributed by atoms with van der Waals surface area (Å²) < 4.78 is 0. The average molecular weight is 300 g/mol. The number of hydrogen-bond acceptors (Lipinski definition) is 4. The average Bonchev–Trinajstić information content (AvgIpc) is 2.81. The van der Waals surface area contributed by atoms with Crippen molar-refractivity contribution < 1.29 is 0 Å². The Bertz CT molecular complexity index is 287. The maximum Gasteiger partial charge on any atom is 0.157 e. The van der Waals surface area contributed by atoms with Crippen LogP contribution in [0.4, 0.5) is 0 Å². The summed E-state index contributed by atoms with van der Waals surface area (Å²) in [5.41, 5.74) is 0. The monoisotopic (exact) mass is 299 g/mol. The molecule has 0 fully saturated rings. The number of amidine groups is 1. The molecule has 0 saturated carbocycles. The molecule has 118 valence electrons. The predicted octanol–water partition coefficient (Wildman–Crippen LogP) is 3.60. The first-order valence-electron chi connectivity index (χ1n) is 8.25. The molecule has 1 N–H and O–H groups in total. The molecular weight excluding hydrogens is 266 g/mol.